The SMILES string of the molecule is Cc1nn(CC(O)CNCC(O)CO)c(C)c1[N+](=O)[O-]. The van der Waals surface area contributed by atoms with E-state index in [4.69, 9.17) is 10.2 Å². The van der Waals surface area contributed by atoms with Gasteiger partial charge in [0.1, 0.15) is 11.4 Å². The van der Waals surface area contributed by atoms with Crippen LogP contribution in [0.4, 0.5) is 5.69 Å². The summed E-state index contributed by atoms with van der Waals surface area (Å²) < 4.78 is 1.39. The molecule has 0 radical (unpaired) electrons. The van der Waals surface area contributed by atoms with Crippen molar-refractivity contribution in [3.8, 4) is 0 Å². The molecule has 0 fully saturated rings. The Hall–Kier alpha value is -1.55. The minimum Gasteiger partial charge on any atom is -0.394 e. The maximum atomic E-state index is 10.8. The molecule has 0 amide bonds. The fourth-order valence-electron chi connectivity index (χ4n) is 1.87. The van der Waals surface area contributed by atoms with Gasteiger partial charge in [-0.2, -0.15) is 5.10 Å². The lowest BCUT2D eigenvalue weighted by Gasteiger charge is -2.14. The van der Waals surface area contributed by atoms with Crippen molar-refractivity contribution in [3.05, 3.63) is 21.5 Å². The zero-order valence-electron chi connectivity index (χ0n) is 11.5. The molecule has 1 rings (SSSR count). The molecule has 2 atom stereocenters. The van der Waals surface area contributed by atoms with E-state index in [-0.39, 0.29) is 31.9 Å². The van der Waals surface area contributed by atoms with Crippen LogP contribution in [0.15, 0.2) is 0 Å². The molecule has 4 N–H and O–H groups in total. The summed E-state index contributed by atoms with van der Waals surface area (Å²) in [6.07, 6.45) is -1.68. The molecule has 0 saturated heterocycles. The highest BCUT2D eigenvalue weighted by molar-refractivity contribution is 5.39. The van der Waals surface area contributed by atoms with Gasteiger partial charge in [0.25, 0.3) is 0 Å². The monoisotopic (exact) mass is 288 g/mol. The van der Waals surface area contributed by atoms with Crippen LogP contribution >= 0.6 is 0 Å². The Morgan fingerprint density at radius 1 is 1.35 bits per heavy atom. The van der Waals surface area contributed by atoms with Crippen molar-refractivity contribution in [1.29, 1.82) is 0 Å². The molecule has 20 heavy (non-hydrogen) atoms. The third kappa shape index (κ3) is 4.23. The van der Waals surface area contributed by atoms with Crippen LogP contribution in [0.2, 0.25) is 0 Å². The van der Waals surface area contributed by atoms with Crippen molar-refractivity contribution in [2.45, 2.75) is 32.6 Å². The molecule has 0 aromatic carbocycles. The number of nitrogens with one attached hydrogen (secondary N) is 1. The fourth-order valence-corrected chi connectivity index (χ4v) is 1.87. The number of nitrogens with zero attached hydrogens (tertiary/aromatic N) is 3. The Bertz CT molecular complexity index is 462. The highest BCUT2D eigenvalue weighted by atomic mass is 16.6. The van der Waals surface area contributed by atoms with Gasteiger partial charge in [-0.05, 0) is 13.8 Å². The molecular weight excluding hydrogens is 268 g/mol. The molecular formula is C11H20N4O5. The number of nitro groups is 1. The van der Waals surface area contributed by atoms with Crippen LogP contribution in [0.5, 0.6) is 0 Å². The minimum atomic E-state index is -0.878. The first-order valence-corrected chi connectivity index (χ1v) is 6.22. The van der Waals surface area contributed by atoms with Gasteiger partial charge in [-0.25, -0.2) is 0 Å². The molecule has 2 unspecified atom stereocenters. The van der Waals surface area contributed by atoms with E-state index in [0.29, 0.717) is 11.4 Å². The first-order valence-electron chi connectivity index (χ1n) is 6.22. The van der Waals surface area contributed by atoms with E-state index in [9.17, 15) is 15.2 Å². The van der Waals surface area contributed by atoms with Gasteiger partial charge in [0.15, 0.2) is 0 Å². The molecule has 0 aliphatic carbocycles. The van der Waals surface area contributed by atoms with E-state index in [1.165, 1.54) is 4.68 Å². The largest absolute Gasteiger partial charge is 0.394 e. The zero-order valence-corrected chi connectivity index (χ0v) is 11.5. The third-order valence-corrected chi connectivity index (χ3v) is 2.88. The van der Waals surface area contributed by atoms with E-state index in [1.54, 1.807) is 13.8 Å². The van der Waals surface area contributed by atoms with Crippen LogP contribution in [0.1, 0.15) is 11.4 Å². The van der Waals surface area contributed by atoms with Crippen molar-refractivity contribution in [2.75, 3.05) is 19.7 Å². The van der Waals surface area contributed by atoms with Gasteiger partial charge >= 0.3 is 5.69 Å². The Balaban J connectivity index is 2.56. The predicted molar refractivity (Wildman–Crippen MR) is 70.3 cm³/mol. The van der Waals surface area contributed by atoms with Crippen LogP contribution in [-0.4, -0.2) is 61.9 Å². The van der Waals surface area contributed by atoms with Crippen molar-refractivity contribution in [2.24, 2.45) is 0 Å². The molecule has 1 aromatic heterocycles. The zero-order chi connectivity index (χ0) is 15.3. The van der Waals surface area contributed by atoms with Crippen molar-refractivity contribution in [3.63, 3.8) is 0 Å². The van der Waals surface area contributed by atoms with Crippen LogP contribution in [-0.2, 0) is 6.54 Å². The highest BCUT2D eigenvalue weighted by Crippen LogP contribution is 2.21. The van der Waals surface area contributed by atoms with E-state index >= 15 is 0 Å². The first kappa shape index (κ1) is 16.5. The van der Waals surface area contributed by atoms with Crippen molar-refractivity contribution in [1.82, 2.24) is 15.1 Å². The quantitative estimate of drug-likeness (QED) is 0.345. The Labute approximate surface area is 116 Å². The number of aromatic nitrogens is 2. The molecule has 0 aliphatic rings. The van der Waals surface area contributed by atoms with Gasteiger partial charge in [0, 0.05) is 13.1 Å². The molecule has 0 aliphatic heterocycles. The molecule has 9 heteroatoms. The lowest BCUT2D eigenvalue weighted by atomic mass is 10.3. The molecule has 9 nitrogen and oxygen atoms in total. The van der Waals surface area contributed by atoms with Crippen molar-refractivity contribution < 1.29 is 20.2 Å². The number of hydrogen-bond donors (Lipinski definition) is 4. The highest BCUT2D eigenvalue weighted by Gasteiger charge is 2.22. The van der Waals surface area contributed by atoms with E-state index in [0.717, 1.165) is 0 Å². The van der Waals surface area contributed by atoms with E-state index in [2.05, 4.69) is 10.4 Å². The molecule has 0 saturated carbocycles. The second-order valence-electron chi connectivity index (χ2n) is 4.61. The fraction of sp³-hybridized carbons (Fsp3) is 0.727. The Kier molecular flexibility index (Phi) is 6.02. The van der Waals surface area contributed by atoms with Crippen molar-refractivity contribution >= 4 is 5.69 Å². The smallest absolute Gasteiger partial charge is 0.312 e. The summed E-state index contributed by atoms with van der Waals surface area (Å²) in [4.78, 5) is 10.4. The maximum absolute atomic E-state index is 10.8. The van der Waals surface area contributed by atoms with Gasteiger partial charge in [-0.1, -0.05) is 0 Å². The number of aliphatic hydroxyl groups is 3. The summed E-state index contributed by atoms with van der Waals surface area (Å²) in [6.45, 7) is 3.22. The lowest BCUT2D eigenvalue weighted by molar-refractivity contribution is -0.386. The van der Waals surface area contributed by atoms with Gasteiger partial charge in [0.2, 0.25) is 0 Å². The minimum absolute atomic E-state index is 0.0409. The van der Waals surface area contributed by atoms with Gasteiger partial charge in [0.05, 0.1) is 30.3 Å². The van der Waals surface area contributed by atoms with E-state index in [1.807, 2.05) is 0 Å². The summed E-state index contributed by atoms with van der Waals surface area (Å²) in [6, 6.07) is 0. The molecule has 0 spiro atoms. The number of hydrogen-bond acceptors (Lipinski definition) is 7. The van der Waals surface area contributed by atoms with Gasteiger partial charge in [-0.15, -0.1) is 0 Å². The normalized spacial score (nSPS) is 14.2. The standard InChI is InChI=1S/C11H20N4O5/c1-7-11(15(19)20)8(2)14(13-7)5-9(17)3-12-4-10(18)6-16/h9-10,12,16-18H,3-6H2,1-2H3. The van der Waals surface area contributed by atoms with Crippen LogP contribution in [0.25, 0.3) is 0 Å². The van der Waals surface area contributed by atoms with Crippen LogP contribution < -0.4 is 5.32 Å². The number of aryl methyl sites for hydroxylation is 1. The van der Waals surface area contributed by atoms with E-state index < -0.39 is 17.1 Å². The average Bonchev–Trinajstić information content (AvgIpc) is 2.63. The van der Waals surface area contributed by atoms with Gasteiger partial charge < -0.3 is 20.6 Å². The Morgan fingerprint density at radius 3 is 2.45 bits per heavy atom. The Morgan fingerprint density at radius 2 is 1.95 bits per heavy atom. The molecule has 1 heterocycles. The molecule has 0 bridgehead atoms. The second kappa shape index (κ2) is 7.29. The molecule has 114 valence electrons. The second-order valence-corrected chi connectivity index (χ2v) is 4.61. The van der Waals surface area contributed by atoms with Crippen LogP contribution in [0, 0.1) is 24.0 Å². The lowest BCUT2D eigenvalue weighted by Crippen LogP contribution is -2.36. The number of rotatable bonds is 8. The number of aliphatic hydroxyl groups excluding tert-OH is 3. The average molecular weight is 288 g/mol. The summed E-state index contributed by atoms with van der Waals surface area (Å²) in [5, 5.41) is 45.2. The summed E-state index contributed by atoms with van der Waals surface area (Å²) in [5.41, 5.74) is 0.658. The summed E-state index contributed by atoms with van der Waals surface area (Å²) in [7, 11) is 0. The predicted octanol–water partition coefficient (Wildman–Crippen LogP) is -1.29. The summed E-state index contributed by atoms with van der Waals surface area (Å²) >= 11 is 0. The van der Waals surface area contributed by atoms with Gasteiger partial charge in [-0.3, -0.25) is 14.8 Å². The maximum Gasteiger partial charge on any atom is 0.312 e. The topological polar surface area (TPSA) is 134 Å². The summed E-state index contributed by atoms with van der Waals surface area (Å²) in [5.74, 6) is 0. The third-order valence-electron chi connectivity index (χ3n) is 2.88. The van der Waals surface area contributed by atoms with Crippen LogP contribution in [0.3, 0.4) is 0 Å². The first-order chi connectivity index (χ1) is 9.36. The molecule has 1 aromatic rings.